The van der Waals surface area contributed by atoms with Crippen LogP contribution in [0.25, 0.3) is 5.76 Å². The quantitative estimate of drug-likeness (QED) is 0.386. The first-order chi connectivity index (χ1) is 15.2. The Balaban J connectivity index is 2.12. The highest BCUT2D eigenvalue weighted by molar-refractivity contribution is 6.46. The molecule has 3 rings (SSSR count). The van der Waals surface area contributed by atoms with Gasteiger partial charge in [-0.05, 0) is 58.3 Å². The Labute approximate surface area is 188 Å². The lowest BCUT2D eigenvalue weighted by Gasteiger charge is -2.27. The molecule has 0 bridgehead atoms. The summed E-state index contributed by atoms with van der Waals surface area (Å²) in [5.74, 6) is -0.364. The van der Waals surface area contributed by atoms with Crippen molar-refractivity contribution in [3.05, 3.63) is 65.2 Å². The van der Waals surface area contributed by atoms with Gasteiger partial charge in [0, 0.05) is 24.2 Å². The Morgan fingerprint density at radius 2 is 1.75 bits per heavy atom. The van der Waals surface area contributed by atoms with Crippen LogP contribution >= 0.6 is 0 Å². The fourth-order valence-electron chi connectivity index (χ4n) is 3.75. The Bertz CT molecular complexity index is 1010. The summed E-state index contributed by atoms with van der Waals surface area (Å²) in [4.78, 5) is 29.5. The van der Waals surface area contributed by atoms with Gasteiger partial charge >= 0.3 is 0 Å². The number of amides is 1. The average molecular weight is 439 g/mol. The van der Waals surface area contributed by atoms with Gasteiger partial charge in [-0.3, -0.25) is 9.59 Å². The normalized spacial score (nSPS) is 18.0. The summed E-state index contributed by atoms with van der Waals surface area (Å²) < 4.78 is 11.2. The number of nitrogens with zero attached hydrogens (tertiary/aromatic N) is 2. The summed E-state index contributed by atoms with van der Waals surface area (Å²) in [6, 6.07) is 13.3. The molecule has 1 N–H and O–H groups in total. The fraction of sp³-hybridized carbons (Fsp3) is 0.360. The predicted octanol–water partition coefficient (Wildman–Crippen LogP) is 3.47. The second-order valence-corrected chi connectivity index (χ2v) is 8.23. The molecule has 1 atom stereocenters. The third kappa shape index (κ3) is 4.78. The maximum Gasteiger partial charge on any atom is 0.295 e. The van der Waals surface area contributed by atoms with E-state index in [0.717, 1.165) is 0 Å². The number of Topliss-reactive ketones (excluding diaryl/α,β-unsaturated/α-hetero) is 1. The standard InChI is InChI=1S/C25H30N2O5/c1-16(2)32-18-12-10-17(11-13-18)23(28)21-22(19-8-6-7-9-20(19)31-5)27(15-14-26(3)4)25(30)24(21)29/h6-13,16,22,28H,14-15H2,1-5H3/b23-21+/t22-/m0/s1. The monoisotopic (exact) mass is 438 g/mol. The molecule has 0 unspecified atom stereocenters. The Morgan fingerprint density at radius 3 is 2.34 bits per heavy atom. The number of para-hydroxylation sites is 1. The maximum absolute atomic E-state index is 13.1. The van der Waals surface area contributed by atoms with E-state index in [2.05, 4.69) is 0 Å². The average Bonchev–Trinajstić information content (AvgIpc) is 3.01. The highest BCUT2D eigenvalue weighted by Crippen LogP contribution is 2.42. The van der Waals surface area contributed by atoms with Crippen LogP contribution in [0.1, 0.15) is 31.0 Å². The van der Waals surface area contributed by atoms with Gasteiger partial charge in [-0.25, -0.2) is 0 Å². The van der Waals surface area contributed by atoms with Gasteiger partial charge in [0.1, 0.15) is 17.3 Å². The van der Waals surface area contributed by atoms with Crippen LogP contribution in [0.3, 0.4) is 0 Å². The van der Waals surface area contributed by atoms with Crippen molar-refractivity contribution in [2.45, 2.75) is 26.0 Å². The molecule has 1 saturated heterocycles. The van der Waals surface area contributed by atoms with Crippen LogP contribution < -0.4 is 9.47 Å². The smallest absolute Gasteiger partial charge is 0.295 e. The Morgan fingerprint density at radius 1 is 1.09 bits per heavy atom. The van der Waals surface area contributed by atoms with Gasteiger partial charge in [0.25, 0.3) is 11.7 Å². The molecular formula is C25H30N2O5. The molecule has 1 amide bonds. The molecule has 0 radical (unpaired) electrons. The SMILES string of the molecule is COc1ccccc1[C@H]1/C(=C(\O)c2ccc(OC(C)C)cc2)C(=O)C(=O)N1CCN(C)C. The molecule has 2 aromatic carbocycles. The molecule has 7 nitrogen and oxygen atoms in total. The number of likely N-dealkylation sites (tertiary alicyclic amines) is 1. The van der Waals surface area contributed by atoms with Crippen LogP contribution in [0.4, 0.5) is 0 Å². The van der Waals surface area contributed by atoms with Crippen molar-refractivity contribution in [3.63, 3.8) is 0 Å². The summed E-state index contributed by atoms with van der Waals surface area (Å²) in [6.07, 6.45) is 0.0158. The van der Waals surface area contributed by atoms with Crippen molar-refractivity contribution >= 4 is 17.4 Å². The number of aliphatic hydroxyl groups excluding tert-OH is 1. The van der Waals surface area contributed by atoms with Gasteiger partial charge < -0.3 is 24.4 Å². The Hall–Kier alpha value is -3.32. The van der Waals surface area contributed by atoms with Crippen molar-refractivity contribution < 1.29 is 24.2 Å². The molecule has 1 fully saturated rings. The third-order valence-electron chi connectivity index (χ3n) is 5.26. The summed E-state index contributed by atoms with van der Waals surface area (Å²) in [5.41, 5.74) is 1.14. The van der Waals surface area contributed by atoms with Crippen molar-refractivity contribution in [3.8, 4) is 11.5 Å². The molecule has 32 heavy (non-hydrogen) atoms. The highest BCUT2D eigenvalue weighted by Gasteiger charge is 2.46. The maximum atomic E-state index is 13.1. The molecular weight excluding hydrogens is 408 g/mol. The second kappa shape index (κ2) is 9.87. The summed E-state index contributed by atoms with van der Waals surface area (Å²) in [7, 11) is 5.34. The number of carbonyl (C=O) groups excluding carboxylic acids is 2. The van der Waals surface area contributed by atoms with Crippen LogP contribution in [0.15, 0.2) is 54.1 Å². The van der Waals surface area contributed by atoms with Crippen LogP contribution in [0.5, 0.6) is 11.5 Å². The number of benzene rings is 2. The van der Waals surface area contributed by atoms with Crippen molar-refractivity contribution in [1.29, 1.82) is 0 Å². The van der Waals surface area contributed by atoms with Crippen LogP contribution in [-0.4, -0.2) is 67.0 Å². The first-order valence-corrected chi connectivity index (χ1v) is 10.6. The van der Waals surface area contributed by atoms with E-state index in [1.165, 1.54) is 12.0 Å². The zero-order chi connectivity index (χ0) is 23.4. The minimum absolute atomic E-state index is 0.0158. The lowest BCUT2D eigenvalue weighted by molar-refractivity contribution is -0.140. The van der Waals surface area contributed by atoms with Gasteiger partial charge in [-0.2, -0.15) is 0 Å². The molecule has 1 aliphatic heterocycles. The van der Waals surface area contributed by atoms with E-state index in [9.17, 15) is 14.7 Å². The number of methoxy groups -OCH3 is 1. The number of ether oxygens (including phenoxy) is 2. The van der Waals surface area contributed by atoms with E-state index in [0.29, 0.717) is 35.7 Å². The number of hydrogen-bond donors (Lipinski definition) is 1. The topological polar surface area (TPSA) is 79.3 Å². The van der Waals surface area contributed by atoms with E-state index in [1.54, 1.807) is 30.3 Å². The van der Waals surface area contributed by atoms with Gasteiger partial charge in [0.05, 0.1) is 24.8 Å². The number of ketones is 1. The van der Waals surface area contributed by atoms with Gasteiger partial charge in [-0.15, -0.1) is 0 Å². The summed E-state index contributed by atoms with van der Waals surface area (Å²) in [5, 5.41) is 11.2. The first kappa shape index (κ1) is 23.3. The number of hydrogen-bond acceptors (Lipinski definition) is 6. The fourth-order valence-corrected chi connectivity index (χ4v) is 3.75. The van der Waals surface area contributed by atoms with Crippen molar-refractivity contribution in [2.75, 3.05) is 34.3 Å². The zero-order valence-corrected chi connectivity index (χ0v) is 19.2. The molecule has 0 saturated carbocycles. The minimum Gasteiger partial charge on any atom is -0.507 e. The molecule has 2 aromatic rings. The second-order valence-electron chi connectivity index (χ2n) is 8.23. The van der Waals surface area contributed by atoms with Crippen molar-refractivity contribution in [1.82, 2.24) is 9.80 Å². The van der Waals surface area contributed by atoms with E-state index >= 15 is 0 Å². The lowest BCUT2D eigenvalue weighted by Crippen LogP contribution is -2.35. The molecule has 170 valence electrons. The van der Waals surface area contributed by atoms with Gasteiger partial charge in [-0.1, -0.05) is 18.2 Å². The first-order valence-electron chi connectivity index (χ1n) is 10.6. The highest BCUT2D eigenvalue weighted by atomic mass is 16.5. The van der Waals surface area contributed by atoms with E-state index in [1.807, 2.05) is 51.0 Å². The molecule has 0 spiro atoms. The zero-order valence-electron chi connectivity index (χ0n) is 19.2. The molecule has 0 aromatic heterocycles. The molecule has 7 heteroatoms. The predicted molar refractivity (Wildman–Crippen MR) is 123 cm³/mol. The van der Waals surface area contributed by atoms with E-state index in [-0.39, 0.29) is 17.4 Å². The third-order valence-corrected chi connectivity index (χ3v) is 5.26. The van der Waals surface area contributed by atoms with Crippen LogP contribution in [0.2, 0.25) is 0 Å². The van der Waals surface area contributed by atoms with E-state index in [4.69, 9.17) is 9.47 Å². The number of likely N-dealkylation sites (N-methyl/N-ethyl adjacent to an activating group) is 1. The number of aliphatic hydroxyl groups is 1. The number of rotatable bonds is 8. The van der Waals surface area contributed by atoms with E-state index < -0.39 is 17.7 Å². The van der Waals surface area contributed by atoms with Gasteiger partial charge in [0.15, 0.2) is 0 Å². The largest absolute Gasteiger partial charge is 0.507 e. The van der Waals surface area contributed by atoms with Crippen molar-refractivity contribution in [2.24, 2.45) is 0 Å². The summed E-state index contributed by atoms with van der Waals surface area (Å²) >= 11 is 0. The summed E-state index contributed by atoms with van der Waals surface area (Å²) in [6.45, 7) is 4.75. The number of carbonyl (C=O) groups is 2. The van der Waals surface area contributed by atoms with Crippen LogP contribution in [-0.2, 0) is 9.59 Å². The molecule has 1 aliphatic rings. The van der Waals surface area contributed by atoms with Gasteiger partial charge in [0.2, 0.25) is 0 Å². The molecule has 0 aliphatic carbocycles. The Kier molecular flexibility index (Phi) is 7.20. The van der Waals surface area contributed by atoms with Crippen LogP contribution in [0, 0.1) is 0 Å². The lowest BCUT2D eigenvalue weighted by atomic mass is 9.94. The minimum atomic E-state index is -0.752. The molecule has 1 heterocycles.